The molecule has 2 aliphatic rings. The Labute approximate surface area is 117 Å². The van der Waals surface area contributed by atoms with Gasteiger partial charge in [0.1, 0.15) is 0 Å². The van der Waals surface area contributed by atoms with E-state index in [-0.39, 0.29) is 11.9 Å². The smallest absolute Gasteiger partial charge is 0.246 e. The number of aliphatic hydroxyl groups is 1. The topological polar surface area (TPSA) is 79.8 Å². The molecule has 2 atom stereocenters. The summed E-state index contributed by atoms with van der Waals surface area (Å²) in [5.74, 6) is 0.455. The maximum atomic E-state index is 12.0. The molecule has 2 aliphatic heterocycles. The van der Waals surface area contributed by atoms with Crippen molar-refractivity contribution < 1.29 is 19.4 Å². The summed E-state index contributed by atoms with van der Waals surface area (Å²) in [6.07, 6.45) is -0.0213. The van der Waals surface area contributed by atoms with Gasteiger partial charge in [-0.1, -0.05) is 0 Å². The lowest BCUT2D eigenvalue weighted by molar-refractivity contribution is -0.117. The highest BCUT2D eigenvalue weighted by molar-refractivity contribution is 5.95. The monoisotopic (exact) mass is 278 g/mol. The Morgan fingerprint density at radius 3 is 2.85 bits per heavy atom. The van der Waals surface area contributed by atoms with E-state index < -0.39 is 11.9 Å². The van der Waals surface area contributed by atoms with Crippen molar-refractivity contribution in [3.8, 4) is 11.5 Å². The molecule has 6 heteroatoms. The highest BCUT2D eigenvalue weighted by atomic mass is 16.7. The number of carbonyl (C=O) groups excluding carboxylic acids is 1. The summed E-state index contributed by atoms with van der Waals surface area (Å²) in [6.45, 7) is 4.11. The molecule has 2 heterocycles. The lowest BCUT2D eigenvalue weighted by Gasteiger charge is -2.16. The zero-order valence-corrected chi connectivity index (χ0v) is 11.5. The van der Waals surface area contributed by atoms with Crippen molar-refractivity contribution in [1.82, 2.24) is 5.32 Å². The molecule has 1 aromatic carbocycles. The van der Waals surface area contributed by atoms with E-state index in [1.807, 2.05) is 13.8 Å². The molecule has 0 aromatic heterocycles. The molecular formula is C14H18N2O4. The third kappa shape index (κ3) is 2.57. The summed E-state index contributed by atoms with van der Waals surface area (Å²) in [7, 11) is 0. The molecule has 0 saturated carbocycles. The van der Waals surface area contributed by atoms with Gasteiger partial charge in [-0.2, -0.15) is 0 Å². The summed E-state index contributed by atoms with van der Waals surface area (Å²) < 4.78 is 11.2. The lowest BCUT2D eigenvalue weighted by atomic mass is 10.2. The Morgan fingerprint density at radius 1 is 1.40 bits per heavy atom. The average molecular weight is 278 g/mol. The van der Waals surface area contributed by atoms with Crippen LogP contribution in [0.1, 0.15) is 20.3 Å². The van der Waals surface area contributed by atoms with Crippen LogP contribution in [-0.4, -0.2) is 35.5 Å². The van der Waals surface area contributed by atoms with Gasteiger partial charge in [-0.15, -0.1) is 0 Å². The van der Waals surface area contributed by atoms with Crippen LogP contribution in [0.25, 0.3) is 0 Å². The molecule has 0 spiro atoms. The number of rotatable bonds is 2. The van der Waals surface area contributed by atoms with Crippen molar-refractivity contribution >= 4 is 11.6 Å². The van der Waals surface area contributed by atoms with Crippen LogP contribution in [0, 0.1) is 0 Å². The van der Waals surface area contributed by atoms with E-state index in [1.54, 1.807) is 18.2 Å². The minimum absolute atomic E-state index is 0.153. The van der Waals surface area contributed by atoms with Gasteiger partial charge >= 0.3 is 0 Å². The number of benzene rings is 1. The third-order valence-corrected chi connectivity index (χ3v) is 3.35. The Morgan fingerprint density at radius 2 is 2.15 bits per heavy atom. The highest BCUT2D eigenvalue weighted by Gasteiger charge is 2.32. The maximum absolute atomic E-state index is 12.0. The Balaban J connectivity index is 1.69. The summed E-state index contributed by atoms with van der Waals surface area (Å²) in [5, 5.41) is 15.2. The second kappa shape index (κ2) is 4.64. The van der Waals surface area contributed by atoms with Crippen LogP contribution >= 0.6 is 0 Å². The lowest BCUT2D eigenvalue weighted by Crippen LogP contribution is -2.35. The molecule has 108 valence electrons. The number of aliphatic hydroxyl groups excluding tert-OH is 1. The number of carbonyl (C=O) groups is 1. The molecule has 1 aromatic rings. The molecule has 0 bridgehead atoms. The van der Waals surface area contributed by atoms with Gasteiger partial charge in [0.05, 0.1) is 12.1 Å². The first kappa shape index (κ1) is 13.2. The highest BCUT2D eigenvalue weighted by Crippen LogP contribution is 2.40. The largest absolute Gasteiger partial charge is 0.449 e. The van der Waals surface area contributed by atoms with Gasteiger partial charge in [0.15, 0.2) is 11.5 Å². The minimum Gasteiger partial charge on any atom is -0.449 e. The summed E-state index contributed by atoms with van der Waals surface area (Å²) in [5.41, 5.74) is 0.651. The quantitative estimate of drug-likeness (QED) is 0.747. The number of nitrogens with one attached hydrogen (secondary N) is 2. The predicted octanol–water partition coefficient (Wildman–Crippen LogP) is 0.855. The van der Waals surface area contributed by atoms with Crippen molar-refractivity contribution in [2.24, 2.45) is 0 Å². The van der Waals surface area contributed by atoms with E-state index in [4.69, 9.17) is 9.47 Å². The minimum atomic E-state index is -0.678. The number of hydrogen-bond donors (Lipinski definition) is 3. The maximum Gasteiger partial charge on any atom is 0.246 e. The van der Waals surface area contributed by atoms with E-state index in [0.717, 1.165) is 0 Å². The van der Waals surface area contributed by atoms with E-state index in [2.05, 4.69) is 10.6 Å². The van der Waals surface area contributed by atoms with Gasteiger partial charge in [-0.05, 0) is 18.6 Å². The summed E-state index contributed by atoms with van der Waals surface area (Å²) in [6, 6.07) is 4.93. The van der Waals surface area contributed by atoms with Gasteiger partial charge in [0, 0.05) is 32.1 Å². The van der Waals surface area contributed by atoms with Gasteiger partial charge in [0.25, 0.3) is 0 Å². The fourth-order valence-corrected chi connectivity index (χ4v) is 2.45. The predicted molar refractivity (Wildman–Crippen MR) is 72.8 cm³/mol. The SMILES string of the molecule is CC1(C)Oc2ccc(NC(=O)C3CC(O)CN3)cc2O1. The van der Waals surface area contributed by atoms with Crippen LogP contribution in [0.2, 0.25) is 0 Å². The van der Waals surface area contributed by atoms with Crippen molar-refractivity contribution in [3.63, 3.8) is 0 Å². The Kier molecular flexibility index (Phi) is 3.07. The Hall–Kier alpha value is -1.79. The molecule has 20 heavy (non-hydrogen) atoms. The second-order valence-electron chi connectivity index (χ2n) is 5.61. The molecule has 0 aliphatic carbocycles. The fraction of sp³-hybridized carbons (Fsp3) is 0.500. The van der Waals surface area contributed by atoms with Crippen LogP contribution in [-0.2, 0) is 4.79 Å². The molecule has 0 radical (unpaired) electrons. The van der Waals surface area contributed by atoms with Crippen molar-refractivity contribution in [3.05, 3.63) is 18.2 Å². The molecule has 3 rings (SSSR count). The molecule has 3 N–H and O–H groups in total. The van der Waals surface area contributed by atoms with Gasteiger partial charge in [-0.25, -0.2) is 0 Å². The van der Waals surface area contributed by atoms with E-state index >= 15 is 0 Å². The first-order valence-corrected chi connectivity index (χ1v) is 6.67. The number of hydrogen-bond acceptors (Lipinski definition) is 5. The van der Waals surface area contributed by atoms with Crippen molar-refractivity contribution in [2.45, 2.75) is 38.2 Å². The van der Waals surface area contributed by atoms with Crippen LogP contribution in [0.3, 0.4) is 0 Å². The van der Waals surface area contributed by atoms with Crippen molar-refractivity contribution in [1.29, 1.82) is 0 Å². The molecule has 1 saturated heterocycles. The van der Waals surface area contributed by atoms with Gasteiger partial charge in [-0.3, -0.25) is 4.79 Å². The van der Waals surface area contributed by atoms with Crippen LogP contribution < -0.4 is 20.1 Å². The Bertz CT molecular complexity index is 544. The number of β-amino-alcohol motifs (C(OH)–C–C–N with tert-alkyl or cyclic N) is 1. The van der Waals surface area contributed by atoms with Gasteiger partial charge < -0.3 is 25.2 Å². The molecule has 2 unspecified atom stereocenters. The van der Waals surface area contributed by atoms with E-state index in [9.17, 15) is 9.90 Å². The zero-order valence-electron chi connectivity index (χ0n) is 11.5. The number of amides is 1. The fourth-order valence-electron chi connectivity index (χ4n) is 2.45. The number of fused-ring (bicyclic) bond motifs is 1. The van der Waals surface area contributed by atoms with Gasteiger partial charge in [0.2, 0.25) is 11.7 Å². The third-order valence-electron chi connectivity index (χ3n) is 3.35. The standard InChI is InChI=1S/C14H18N2O4/c1-14(2)19-11-4-3-8(5-12(11)20-14)16-13(18)10-6-9(17)7-15-10/h3-5,9-10,15,17H,6-7H2,1-2H3,(H,16,18). The molecular weight excluding hydrogens is 260 g/mol. The molecule has 6 nitrogen and oxygen atoms in total. The average Bonchev–Trinajstić information content (AvgIpc) is 2.90. The van der Waals surface area contributed by atoms with Crippen LogP contribution in [0.15, 0.2) is 18.2 Å². The summed E-state index contributed by atoms with van der Waals surface area (Å²) in [4.78, 5) is 12.0. The van der Waals surface area contributed by atoms with E-state index in [1.165, 1.54) is 0 Å². The zero-order chi connectivity index (χ0) is 14.3. The first-order chi connectivity index (χ1) is 9.43. The van der Waals surface area contributed by atoms with Crippen molar-refractivity contribution in [2.75, 3.05) is 11.9 Å². The number of anilines is 1. The summed E-state index contributed by atoms with van der Waals surface area (Å²) >= 11 is 0. The van der Waals surface area contributed by atoms with E-state index in [0.29, 0.717) is 30.2 Å². The normalized spacial score (nSPS) is 26.6. The molecule has 1 fully saturated rings. The van der Waals surface area contributed by atoms with Crippen LogP contribution in [0.4, 0.5) is 5.69 Å². The first-order valence-electron chi connectivity index (χ1n) is 6.67. The molecule has 1 amide bonds. The van der Waals surface area contributed by atoms with Crippen LogP contribution in [0.5, 0.6) is 11.5 Å². The second-order valence-corrected chi connectivity index (χ2v) is 5.61. The number of ether oxygens (including phenoxy) is 2.